The van der Waals surface area contributed by atoms with Gasteiger partial charge in [-0.1, -0.05) is 12.1 Å². The normalized spacial score (nSPS) is 16.8. The predicted molar refractivity (Wildman–Crippen MR) is 76.9 cm³/mol. The van der Waals surface area contributed by atoms with E-state index < -0.39 is 6.10 Å². The molecule has 1 fully saturated rings. The van der Waals surface area contributed by atoms with Crippen molar-refractivity contribution in [3.63, 3.8) is 0 Å². The first-order chi connectivity index (χ1) is 9.15. The van der Waals surface area contributed by atoms with Crippen LogP contribution < -0.4 is 5.73 Å². The lowest BCUT2D eigenvalue weighted by Crippen LogP contribution is -2.28. The van der Waals surface area contributed by atoms with Crippen LogP contribution in [0.2, 0.25) is 0 Å². The minimum atomic E-state index is -0.503. The second-order valence-electron chi connectivity index (χ2n) is 5.47. The number of hydrogen-bond donors (Lipinski definition) is 2. The van der Waals surface area contributed by atoms with E-state index in [4.69, 9.17) is 10.5 Å². The number of anilines is 1. The number of aliphatic hydroxyl groups excluding tert-OH is 1. The van der Waals surface area contributed by atoms with E-state index in [0.29, 0.717) is 12.2 Å². The molecule has 19 heavy (non-hydrogen) atoms. The van der Waals surface area contributed by atoms with E-state index in [1.54, 1.807) is 0 Å². The molecule has 0 aromatic heterocycles. The van der Waals surface area contributed by atoms with E-state index in [0.717, 1.165) is 31.2 Å². The van der Waals surface area contributed by atoms with Crippen LogP contribution in [0.1, 0.15) is 24.5 Å². The molecule has 1 aromatic rings. The first-order valence-corrected chi connectivity index (χ1v) is 6.95. The number of nitrogen functional groups attached to an aromatic ring is 1. The van der Waals surface area contributed by atoms with Crippen molar-refractivity contribution in [2.45, 2.75) is 18.9 Å². The minimum absolute atomic E-state index is 0.503. The highest BCUT2D eigenvalue weighted by Crippen LogP contribution is 2.28. The summed E-state index contributed by atoms with van der Waals surface area (Å²) in [6, 6.07) is 7.42. The molecule has 0 radical (unpaired) electrons. The molecule has 1 atom stereocenters. The molecule has 0 saturated heterocycles. The Labute approximate surface area is 115 Å². The summed E-state index contributed by atoms with van der Waals surface area (Å²) in [5, 5.41) is 10.1. The Balaban J connectivity index is 1.66. The lowest BCUT2D eigenvalue weighted by atomic mass is 10.1. The Morgan fingerprint density at radius 3 is 2.95 bits per heavy atom. The van der Waals surface area contributed by atoms with Gasteiger partial charge in [0.1, 0.15) is 0 Å². The van der Waals surface area contributed by atoms with Crippen molar-refractivity contribution in [3.05, 3.63) is 29.8 Å². The van der Waals surface area contributed by atoms with Crippen LogP contribution in [0.4, 0.5) is 5.69 Å². The van der Waals surface area contributed by atoms with Crippen LogP contribution >= 0.6 is 0 Å². The third-order valence-electron chi connectivity index (χ3n) is 3.45. The van der Waals surface area contributed by atoms with Gasteiger partial charge >= 0.3 is 0 Å². The van der Waals surface area contributed by atoms with Gasteiger partial charge in [0.15, 0.2) is 0 Å². The van der Waals surface area contributed by atoms with Gasteiger partial charge in [0.25, 0.3) is 0 Å². The molecular formula is C15H24N2O2. The fraction of sp³-hybridized carbons (Fsp3) is 0.600. The van der Waals surface area contributed by atoms with Crippen molar-refractivity contribution < 1.29 is 9.84 Å². The topological polar surface area (TPSA) is 58.7 Å². The quantitative estimate of drug-likeness (QED) is 0.554. The molecule has 2 rings (SSSR count). The van der Waals surface area contributed by atoms with E-state index in [2.05, 4.69) is 4.90 Å². The van der Waals surface area contributed by atoms with Crippen molar-refractivity contribution in [1.29, 1.82) is 0 Å². The van der Waals surface area contributed by atoms with Gasteiger partial charge in [-0.3, -0.25) is 0 Å². The Kier molecular flexibility index (Phi) is 5.19. The summed E-state index contributed by atoms with van der Waals surface area (Å²) < 4.78 is 5.59. The first-order valence-electron chi connectivity index (χ1n) is 6.95. The van der Waals surface area contributed by atoms with Crippen LogP contribution in [0, 0.1) is 5.92 Å². The minimum Gasteiger partial charge on any atom is -0.399 e. The molecule has 1 aromatic carbocycles. The lowest BCUT2D eigenvalue weighted by Gasteiger charge is -2.21. The van der Waals surface area contributed by atoms with Crippen molar-refractivity contribution >= 4 is 5.69 Å². The molecule has 1 aliphatic rings. The maximum Gasteiger partial charge on any atom is 0.0917 e. The molecule has 4 heteroatoms. The maximum atomic E-state index is 10.1. The largest absolute Gasteiger partial charge is 0.399 e. The Hall–Kier alpha value is -1.10. The molecule has 1 unspecified atom stereocenters. The SMILES string of the molecule is CN(CCOCC1CC1)CC(O)c1cccc(N)c1. The predicted octanol–water partition coefficient (Wildman–Crippen LogP) is 1.66. The van der Waals surface area contributed by atoms with Gasteiger partial charge in [-0.25, -0.2) is 0 Å². The number of rotatable bonds is 8. The van der Waals surface area contributed by atoms with Crippen LogP contribution in [0.5, 0.6) is 0 Å². The maximum absolute atomic E-state index is 10.1. The summed E-state index contributed by atoms with van der Waals surface area (Å²) in [4.78, 5) is 2.08. The monoisotopic (exact) mass is 264 g/mol. The van der Waals surface area contributed by atoms with Gasteiger partial charge in [0, 0.05) is 25.4 Å². The summed E-state index contributed by atoms with van der Waals surface area (Å²) in [7, 11) is 2.00. The first kappa shape index (κ1) is 14.3. The molecule has 3 N–H and O–H groups in total. The zero-order chi connectivity index (χ0) is 13.7. The number of nitrogens with two attached hydrogens (primary N) is 1. The second kappa shape index (κ2) is 6.89. The number of hydrogen-bond acceptors (Lipinski definition) is 4. The zero-order valence-corrected chi connectivity index (χ0v) is 11.6. The Bertz CT molecular complexity index is 393. The highest BCUT2D eigenvalue weighted by molar-refractivity contribution is 5.41. The van der Waals surface area contributed by atoms with Gasteiger partial charge in [0.2, 0.25) is 0 Å². The number of aliphatic hydroxyl groups is 1. The molecule has 106 valence electrons. The van der Waals surface area contributed by atoms with E-state index >= 15 is 0 Å². The Morgan fingerprint density at radius 1 is 1.47 bits per heavy atom. The van der Waals surface area contributed by atoms with Crippen LogP contribution in [0.25, 0.3) is 0 Å². The van der Waals surface area contributed by atoms with Gasteiger partial charge in [-0.05, 0) is 43.5 Å². The molecule has 4 nitrogen and oxygen atoms in total. The van der Waals surface area contributed by atoms with Gasteiger partial charge in [-0.15, -0.1) is 0 Å². The number of ether oxygens (including phenoxy) is 1. The summed E-state index contributed by atoms with van der Waals surface area (Å²) in [5.74, 6) is 0.809. The van der Waals surface area contributed by atoms with E-state index in [-0.39, 0.29) is 0 Å². The molecule has 1 aliphatic carbocycles. The number of benzene rings is 1. The van der Waals surface area contributed by atoms with Gasteiger partial charge < -0.3 is 20.5 Å². The highest BCUT2D eigenvalue weighted by Gasteiger charge is 2.21. The summed E-state index contributed by atoms with van der Waals surface area (Å²) in [6.45, 7) is 3.06. The number of nitrogens with zero attached hydrogens (tertiary/aromatic N) is 1. The third-order valence-corrected chi connectivity index (χ3v) is 3.45. The molecule has 0 heterocycles. The van der Waals surface area contributed by atoms with Crippen molar-refractivity contribution in [2.24, 2.45) is 5.92 Å². The van der Waals surface area contributed by atoms with Gasteiger partial charge in [-0.2, -0.15) is 0 Å². The average Bonchev–Trinajstić information content (AvgIpc) is 3.18. The van der Waals surface area contributed by atoms with Crippen LogP contribution in [-0.4, -0.2) is 43.4 Å². The van der Waals surface area contributed by atoms with Crippen molar-refractivity contribution in [1.82, 2.24) is 4.90 Å². The van der Waals surface area contributed by atoms with Crippen LogP contribution in [0.3, 0.4) is 0 Å². The smallest absolute Gasteiger partial charge is 0.0917 e. The highest BCUT2D eigenvalue weighted by atomic mass is 16.5. The summed E-state index contributed by atoms with van der Waals surface area (Å²) >= 11 is 0. The molecule has 0 spiro atoms. The third kappa shape index (κ3) is 5.19. The fourth-order valence-electron chi connectivity index (χ4n) is 2.01. The average molecular weight is 264 g/mol. The molecule has 0 bridgehead atoms. The summed E-state index contributed by atoms with van der Waals surface area (Å²) in [5.41, 5.74) is 7.27. The van der Waals surface area contributed by atoms with E-state index in [1.807, 2.05) is 31.3 Å². The molecule has 0 amide bonds. The molecule has 0 aliphatic heterocycles. The Morgan fingerprint density at radius 2 is 2.26 bits per heavy atom. The molecule has 1 saturated carbocycles. The lowest BCUT2D eigenvalue weighted by molar-refractivity contribution is 0.0794. The van der Waals surface area contributed by atoms with Crippen molar-refractivity contribution in [3.8, 4) is 0 Å². The van der Waals surface area contributed by atoms with Crippen LogP contribution in [0.15, 0.2) is 24.3 Å². The molecular weight excluding hydrogens is 240 g/mol. The van der Waals surface area contributed by atoms with Crippen LogP contribution in [-0.2, 0) is 4.74 Å². The van der Waals surface area contributed by atoms with Crippen molar-refractivity contribution in [2.75, 3.05) is 39.1 Å². The summed E-state index contributed by atoms with van der Waals surface area (Å²) in [6.07, 6.45) is 2.14. The standard InChI is InChI=1S/C15H24N2O2/c1-17(7-8-19-11-12-5-6-12)10-15(18)13-3-2-4-14(16)9-13/h2-4,9,12,15,18H,5-8,10-11,16H2,1H3. The fourth-order valence-corrected chi connectivity index (χ4v) is 2.01. The van der Waals surface area contributed by atoms with E-state index in [9.17, 15) is 5.11 Å². The van der Waals surface area contributed by atoms with Gasteiger partial charge in [0.05, 0.1) is 12.7 Å². The number of likely N-dealkylation sites (N-methyl/N-ethyl adjacent to an activating group) is 1. The second-order valence-corrected chi connectivity index (χ2v) is 5.47. The zero-order valence-electron chi connectivity index (χ0n) is 11.6. The van der Waals surface area contributed by atoms with E-state index in [1.165, 1.54) is 12.8 Å².